The summed E-state index contributed by atoms with van der Waals surface area (Å²) in [4.78, 5) is 13.7. The fourth-order valence-corrected chi connectivity index (χ4v) is 1.80. The fourth-order valence-electron chi connectivity index (χ4n) is 1.80. The van der Waals surface area contributed by atoms with Gasteiger partial charge in [0.25, 0.3) is 0 Å². The molecule has 0 aromatic carbocycles. The highest BCUT2D eigenvalue weighted by molar-refractivity contribution is 5.85. The van der Waals surface area contributed by atoms with Crippen LogP contribution in [-0.2, 0) is 9.53 Å². The molecule has 1 fully saturated rings. The Hall–Kier alpha value is -0.280. The van der Waals surface area contributed by atoms with E-state index in [0.29, 0.717) is 6.61 Å². The number of nitrogens with zero attached hydrogens (tertiary/aromatic N) is 1. The van der Waals surface area contributed by atoms with Crippen LogP contribution in [0.15, 0.2) is 0 Å². The largest absolute Gasteiger partial charge is 0.466 e. The van der Waals surface area contributed by atoms with E-state index in [1.54, 1.807) is 0 Å². The summed E-state index contributed by atoms with van der Waals surface area (Å²) >= 11 is 0. The Morgan fingerprint density at radius 2 is 2.21 bits per heavy atom. The van der Waals surface area contributed by atoms with Crippen LogP contribution in [0.1, 0.15) is 26.7 Å². The number of carbonyl (C=O) groups excluding carboxylic acids is 1. The molecule has 1 rings (SSSR count). The van der Waals surface area contributed by atoms with Crippen LogP contribution < -0.4 is 0 Å². The minimum atomic E-state index is -0.0133. The maximum atomic E-state index is 11.4. The van der Waals surface area contributed by atoms with Gasteiger partial charge in [0.05, 0.1) is 12.5 Å². The van der Waals surface area contributed by atoms with E-state index in [9.17, 15) is 4.79 Å². The van der Waals surface area contributed by atoms with Gasteiger partial charge in [-0.25, -0.2) is 0 Å². The normalized spacial score (nSPS) is 22.6. The number of esters is 1. The van der Waals surface area contributed by atoms with Crippen molar-refractivity contribution in [3.05, 3.63) is 0 Å². The number of ether oxygens (including phenoxy) is 1. The van der Waals surface area contributed by atoms with Crippen molar-refractivity contribution in [3.63, 3.8) is 0 Å². The molecule has 1 aliphatic heterocycles. The predicted molar refractivity (Wildman–Crippen MR) is 58.7 cm³/mol. The van der Waals surface area contributed by atoms with Crippen molar-refractivity contribution in [2.45, 2.75) is 26.7 Å². The van der Waals surface area contributed by atoms with Crippen molar-refractivity contribution < 1.29 is 9.53 Å². The number of hydrogen-bond donors (Lipinski definition) is 0. The summed E-state index contributed by atoms with van der Waals surface area (Å²) in [6.07, 6.45) is 2.12. The van der Waals surface area contributed by atoms with Gasteiger partial charge in [-0.2, -0.15) is 0 Å². The molecular formula is C10H20ClNO2. The maximum absolute atomic E-state index is 11.4. The van der Waals surface area contributed by atoms with Gasteiger partial charge in [-0.1, -0.05) is 6.92 Å². The van der Waals surface area contributed by atoms with Crippen LogP contribution in [0.4, 0.5) is 0 Å². The Bertz CT molecular complexity index is 176. The highest BCUT2D eigenvalue weighted by Gasteiger charge is 2.25. The summed E-state index contributed by atoms with van der Waals surface area (Å²) in [5.41, 5.74) is 0. The topological polar surface area (TPSA) is 29.5 Å². The van der Waals surface area contributed by atoms with E-state index in [-0.39, 0.29) is 24.3 Å². The molecule has 1 saturated heterocycles. The van der Waals surface area contributed by atoms with Gasteiger partial charge in [0, 0.05) is 6.54 Å². The molecule has 1 atom stereocenters. The molecule has 84 valence electrons. The van der Waals surface area contributed by atoms with Gasteiger partial charge in [0.15, 0.2) is 0 Å². The van der Waals surface area contributed by atoms with E-state index in [1.165, 1.54) is 0 Å². The lowest BCUT2D eigenvalue weighted by molar-refractivity contribution is -0.149. The number of halogens is 1. The zero-order valence-electron chi connectivity index (χ0n) is 8.99. The summed E-state index contributed by atoms with van der Waals surface area (Å²) in [6.45, 7) is 7.55. The number of likely N-dealkylation sites (tertiary alicyclic amines) is 1. The summed E-state index contributed by atoms with van der Waals surface area (Å²) in [5.74, 6) is 0.106. The van der Waals surface area contributed by atoms with Gasteiger partial charge in [0.2, 0.25) is 0 Å². The minimum Gasteiger partial charge on any atom is -0.466 e. The molecule has 0 N–H and O–H groups in total. The summed E-state index contributed by atoms with van der Waals surface area (Å²) in [7, 11) is 0. The second-order valence-corrected chi connectivity index (χ2v) is 3.48. The van der Waals surface area contributed by atoms with Crippen LogP contribution in [0.3, 0.4) is 0 Å². The van der Waals surface area contributed by atoms with Crippen molar-refractivity contribution >= 4 is 18.4 Å². The molecular weight excluding hydrogens is 202 g/mol. The van der Waals surface area contributed by atoms with Gasteiger partial charge in [-0.15, -0.1) is 12.4 Å². The van der Waals surface area contributed by atoms with E-state index in [2.05, 4.69) is 11.8 Å². The average Bonchev–Trinajstić information content (AvgIpc) is 2.18. The molecule has 0 radical (unpaired) electrons. The SMILES string of the molecule is CCOC(=O)C1CCCN(CC)C1.Cl. The van der Waals surface area contributed by atoms with Crippen molar-refractivity contribution in [2.75, 3.05) is 26.2 Å². The third-order valence-corrected chi connectivity index (χ3v) is 2.57. The Morgan fingerprint density at radius 3 is 2.79 bits per heavy atom. The van der Waals surface area contributed by atoms with Gasteiger partial charge < -0.3 is 9.64 Å². The van der Waals surface area contributed by atoms with Gasteiger partial charge in [-0.3, -0.25) is 4.79 Å². The predicted octanol–water partition coefficient (Wildman–Crippen LogP) is 1.70. The van der Waals surface area contributed by atoms with Crippen LogP contribution >= 0.6 is 12.4 Å². The zero-order valence-corrected chi connectivity index (χ0v) is 9.81. The number of hydrogen-bond acceptors (Lipinski definition) is 3. The molecule has 0 aromatic heterocycles. The van der Waals surface area contributed by atoms with E-state index < -0.39 is 0 Å². The van der Waals surface area contributed by atoms with Gasteiger partial charge >= 0.3 is 5.97 Å². The lowest BCUT2D eigenvalue weighted by Crippen LogP contribution is -2.39. The highest BCUT2D eigenvalue weighted by atomic mass is 35.5. The summed E-state index contributed by atoms with van der Waals surface area (Å²) in [6, 6.07) is 0. The van der Waals surface area contributed by atoms with Crippen LogP contribution in [0.5, 0.6) is 0 Å². The van der Waals surface area contributed by atoms with E-state index in [0.717, 1.165) is 32.5 Å². The van der Waals surface area contributed by atoms with Gasteiger partial charge in [0.1, 0.15) is 0 Å². The number of carbonyl (C=O) groups is 1. The van der Waals surface area contributed by atoms with E-state index in [4.69, 9.17) is 4.74 Å². The molecule has 0 aromatic rings. The molecule has 14 heavy (non-hydrogen) atoms. The lowest BCUT2D eigenvalue weighted by Gasteiger charge is -2.30. The Kier molecular flexibility index (Phi) is 6.93. The molecule has 0 saturated carbocycles. The Balaban J connectivity index is 0.00000169. The second kappa shape index (κ2) is 7.07. The molecule has 0 spiro atoms. The number of rotatable bonds is 3. The first kappa shape index (κ1) is 13.7. The van der Waals surface area contributed by atoms with Gasteiger partial charge in [-0.05, 0) is 32.9 Å². The smallest absolute Gasteiger partial charge is 0.310 e. The Morgan fingerprint density at radius 1 is 1.50 bits per heavy atom. The fraction of sp³-hybridized carbons (Fsp3) is 0.900. The highest BCUT2D eigenvalue weighted by Crippen LogP contribution is 2.17. The van der Waals surface area contributed by atoms with Crippen molar-refractivity contribution in [1.29, 1.82) is 0 Å². The van der Waals surface area contributed by atoms with Crippen molar-refractivity contribution in [3.8, 4) is 0 Å². The van der Waals surface area contributed by atoms with E-state index >= 15 is 0 Å². The number of piperidine rings is 1. The molecule has 0 bridgehead atoms. The molecule has 0 aliphatic carbocycles. The van der Waals surface area contributed by atoms with Crippen LogP contribution in [0.25, 0.3) is 0 Å². The minimum absolute atomic E-state index is 0. The van der Waals surface area contributed by atoms with E-state index in [1.807, 2.05) is 6.92 Å². The van der Waals surface area contributed by atoms with Crippen LogP contribution in [0, 0.1) is 5.92 Å². The van der Waals surface area contributed by atoms with Crippen molar-refractivity contribution in [2.24, 2.45) is 5.92 Å². The standard InChI is InChI=1S/C10H19NO2.ClH/c1-3-11-7-5-6-9(8-11)10(12)13-4-2;/h9H,3-8H2,1-2H3;1H. The first-order chi connectivity index (χ1) is 6.27. The lowest BCUT2D eigenvalue weighted by atomic mass is 9.98. The average molecular weight is 222 g/mol. The quantitative estimate of drug-likeness (QED) is 0.680. The molecule has 1 aliphatic rings. The molecule has 1 unspecified atom stereocenters. The third kappa shape index (κ3) is 3.84. The second-order valence-electron chi connectivity index (χ2n) is 3.48. The third-order valence-electron chi connectivity index (χ3n) is 2.57. The van der Waals surface area contributed by atoms with Crippen LogP contribution in [-0.4, -0.2) is 37.1 Å². The first-order valence-electron chi connectivity index (χ1n) is 5.16. The summed E-state index contributed by atoms with van der Waals surface area (Å²) in [5, 5.41) is 0. The molecule has 1 heterocycles. The summed E-state index contributed by atoms with van der Waals surface area (Å²) < 4.78 is 5.01. The molecule has 3 nitrogen and oxygen atoms in total. The maximum Gasteiger partial charge on any atom is 0.310 e. The Labute approximate surface area is 92.2 Å². The molecule has 4 heteroatoms. The first-order valence-corrected chi connectivity index (χ1v) is 5.16. The van der Waals surface area contributed by atoms with Crippen molar-refractivity contribution in [1.82, 2.24) is 4.90 Å². The monoisotopic (exact) mass is 221 g/mol. The molecule has 0 amide bonds. The zero-order chi connectivity index (χ0) is 9.68. The van der Waals surface area contributed by atoms with Crippen LogP contribution in [0.2, 0.25) is 0 Å².